The number of hydrogen-bond acceptors (Lipinski definition) is 11. The molecular weight excluding hydrogens is 597 g/mol. The number of alkyl halides is 2. The Kier molecular flexibility index (Phi) is 9.07. The van der Waals surface area contributed by atoms with Crippen molar-refractivity contribution in [3.8, 4) is 23.0 Å². The van der Waals surface area contributed by atoms with Crippen molar-refractivity contribution in [2.45, 2.75) is 30.5 Å². The molecule has 41 heavy (non-hydrogen) atoms. The third kappa shape index (κ3) is 6.40. The molecule has 222 valence electrons. The zero-order chi connectivity index (χ0) is 29.9. The number of benzene rings is 2. The lowest BCUT2D eigenvalue weighted by atomic mass is 9.96. The fourth-order valence-electron chi connectivity index (χ4n) is 3.83. The fourth-order valence-corrected chi connectivity index (χ4v) is 5.24. The Morgan fingerprint density at radius 2 is 1.49 bits per heavy atom. The van der Waals surface area contributed by atoms with Crippen molar-refractivity contribution in [1.82, 2.24) is 9.55 Å². The predicted octanol–water partition coefficient (Wildman–Crippen LogP) is 2.74. The van der Waals surface area contributed by atoms with Gasteiger partial charge < -0.3 is 33.5 Å². The molecule has 3 aromatic rings. The van der Waals surface area contributed by atoms with Gasteiger partial charge in [0.05, 0.1) is 20.8 Å². The number of nitrogens with one attached hydrogen (secondary N) is 1. The van der Waals surface area contributed by atoms with Crippen LogP contribution in [0.2, 0.25) is 5.02 Å². The van der Waals surface area contributed by atoms with Gasteiger partial charge in [0.2, 0.25) is 0 Å². The Morgan fingerprint density at radius 3 is 1.95 bits per heavy atom. The van der Waals surface area contributed by atoms with Crippen molar-refractivity contribution >= 4 is 19.4 Å². The second-order valence-electron chi connectivity index (χ2n) is 8.60. The minimum atomic E-state index is -4.83. The minimum absolute atomic E-state index is 0.0611. The maximum absolute atomic E-state index is 14.5. The van der Waals surface area contributed by atoms with E-state index in [-0.39, 0.29) is 11.5 Å². The van der Waals surface area contributed by atoms with E-state index in [2.05, 4.69) is 0 Å². The molecule has 0 saturated carbocycles. The first-order chi connectivity index (χ1) is 19.4. The molecule has 1 aliphatic heterocycles. The maximum atomic E-state index is 14.5. The second-order valence-corrected chi connectivity index (χ2v) is 10.5. The lowest BCUT2D eigenvalue weighted by molar-refractivity contribution is -0.193. The SMILES string of the molecule is COc1ccc(OP(=O)(OCC2(C(F)F)OC(n3cc(Cl)c(=O)[nH]c3=O)C(O)C2O)Oc2ccc(OC)cc2)cc1. The van der Waals surface area contributed by atoms with E-state index in [4.69, 9.17) is 39.4 Å². The summed E-state index contributed by atoms with van der Waals surface area (Å²) < 4.78 is 74.9. The van der Waals surface area contributed by atoms with Gasteiger partial charge in [-0.25, -0.2) is 18.1 Å². The highest BCUT2D eigenvalue weighted by Crippen LogP contribution is 2.52. The van der Waals surface area contributed by atoms with Gasteiger partial charge in [0.25, 0.3) is 12.0 Å². The predicted molar refractivity (Wildman–Crippen MR) is 138 cm³/mol. The third-order valence-electron chi connectivity index (χ3n) is 6.03. The van der Waals surface area contributed by atoms with Crippen LogP contribution in [0.3, 0.4) is 0 Å². The molecule has 0 amide bonds. The van der Waals surface area contributed by atoms with E-state index in [1.54, 1.807) is 0 Å². The molecule has 4 atom stereocenters. The molecule has 2 aromatic carbocycles. The van der Waals surface area contributed by atoms with Crippen LogP contribution in [0.15, 0.2) is 64.3 Å². The number of aliphatic hydroxyl groups excluding tert-OH is 2. The average molecular weight is 621 g/mol. The van der Waals surface area contributed by atoms with Crippen LogP contribution in [-0.4, -0.2) is 64.8 Å². The van der Waals surface area contributed by atoms with Gasteiger partial charge in [0, 0.05) is 6.20 Å². The van der Waals surface area contributed by atoms with Gasteiger partial charge in [0.1, 0.15) is 40.2 Å². The first-order valence-corrected chi connectivity index (χ1v) is 13.5. The molecule has 1 aromatic heterocycles. The van der Waals surface area contributed by atoms with Crippen LogP contribution in [-0.2, 0) is 13.8 Å². The Balaban J connectivity index is 1.65. The summed E-state index contributed by atoms with van der Waals surface area (Å²) >= 11 is 5.73. The van der Waals surface area contributed by atoms with Gasteiger partial charge in [-0.1, -0.05) is 11.6 Å². The standard InChI is InChI=1S/C24H24ClF2N2O11P/c1-35-13-3-7-15(8-4-13)39-41(34,40-16-9-5-14(36-2)6-10-16)37-12-24(22(26)27)19(31)18(30)21(38-24)29-11-17(25)20(32)28-23(29)33/h3-11,18-19,21-22,30-31H,12H2,1-2H3,(H,28,32,33). The van der Waals surface area contributed by atoms with Crippen LogP contribution in [0.5, 0.6) is 23.0 Å². The number of phosphoric acid groups is 1. The molecule has 1 saturated heterocycles. The van der Waals surface area contributed by atoms with E-state index in [9.17, 15) is 33.1 Å². The van der Waals surface area contributed by atoms with Crippen LogP contribution in [0, 0.1) is 0 Å². The summed E-state index contributed by atoms with van der Waals surface area (Å²) in [6.45, 7) is -1.35. The van der Waals surface area contributed by atoms with Gasteiger partial charge in [-0.2, -0.15) is 0 Å². The molecule has 4 rings (SSSR count). The number of H-pyrrole nitrogens is 1. The molecule has 3 N–H and O–H groups in total. The smallest absolute Gasteiger partial charge is 0.497 e. The molecule has 1 fully saturated rings. The molecule has 0 radical (unpaired) electrons. The van der Waals surface area contributed by atoms with Crippen molar-refractivity contribution in [3.05, 3.63) is 80.6 Å². The number of phosphoric ester groups is 1. The number of ether oxygens (including phenoxy) is 3. The minimum Gasteiger partial charge on any atom is -0.497 e. The lowest BCUT2D eigenvalue weighted by Gasteiger charge is -2.31. The van der Waals surface area contributed by atoms with Crippen LogP contribution in [0.4, 0.5) is 8.78 Å². The summed E-state index contributed by atoms with van der Waals surface area (Å²) in [6, 6.07) is 11.3. The number of hydrogen-bond donors (Lipinski definition) is 3. The summed E-state index contributed by atoms with van der Waals surface area (Å²) in [5.74, 6) is 0.741. The first-order valence-electron chi connectivity index (χ1n) is 11.7. The van der Waals surface area contributed by atoms with Crippen LogP contribution < -0.4 is 29.8 Å². The van der Waals surface area contributed by atoms with Gasteiger partial charge in [-0.15, -0.1) is 0 Å². The van der Waals surface area contributed by atoms with E-state index >= 15 is 0 Å². The quantitative estimate of drug-likeness (QED) is 0.270. The molecule has 13 nitrogen and oxygen atoms in total. The number of aromatic nitrogens is 2. The highest BCUT2D eigenvalue weighted by atomic mass is 35.5. The molecule has 0 spiro atoms. The topological polar surface area (TPSA) is 168 Å². The maximum Gasteiger partial charge on any atom is 0.587 e. The monoisotopic (exact) mass is 620 g/mol. The zero-order valence-electron chi connectivity index (χ0n) is 21.3. The number of aromatic amines is 1. The molecular formula is C24H24ClF2N2O11P. The van der Waals surface area contributed by atoms with E-state index in [0.717, 1.165) is 6.20 Å². The summed E-state index contributed by atoms with van der Waals surface area (Å²) in [6.07, 6.45) is -9.30. The zero-order valence-corrected chi connectivity index (χ0v) is 23.0. The molecule has 0 bridgehead atoms. The van der Waals surface area contributed by atoms with Gasteiger partial charge >= 0.3 is 13.5 Å². The van der Waals surface area contributed by atoms with Crippen molar-refractivity contribution in [2.24, 2.45) is 0 Å². The largest absolute Gasteiger partial charge is 0.587 e. The average Bonchev–Trinajstić information content (AvgIpc) is 3.21. The lowest BCUT2D eigenvalue weighted by Crippen LogP contribution is -2.52. The first kappa shape index (κ1) is 30.5. The Hall–Kier alpha value is -3.46. The molecule has 2 heterocycles. The second kappa shape index (κ2) is 12.2. The van der Waals surface area contributed by atoms with Crippen molar-refractivity contribution in [3.63, 3.8) is 0 Å². The number of methoxy groups -OCH3 is 2. The number of aliphatic hydroxyl groups is 2. The fraction of sp³-hybridized carbons (Fsp3) is 0.333. The van der Waals surface area contributed by atoms with Gasteiger partial charge in [-0.05, 0) is 48.5 Å². The summed E-state index contributed by atoms with van der Waals surface area (Å²) in [4.78, 5) is 25.7. The molecule has 0 aliphatic carbocycles. The summed E-state index contributed by atoms with van der Waals surface area (Å²) in [7, 11) is -1.99. The summed E-state index contributed by atoms with van der Waals surface area (Å²) in [5.41, 5.74) is -5.19. The van der Waals surface area contributed by atoms with Gasteiger partial charge in [0.15, 0.2) is 11.8 Å². The van der Waals surface area contributed by atoms with E-state index in [1.165, 1.54) is 62.8 Å². The third-order valence-corrected chi connectivity index (χ3v) is 7.61. The number of nitrogens with zero attached hydrogens (tertiary/aromatic N) is 1. The van der Waals surface area contributed by atoms with Crippen molar-refractivity contribution < 1.29 is 51.3 Å². The number of halogens is 3. The van der Waals surface area contributed by atoms with Crippen LogP contribution >= 0.6 is 19.4 Å². The highest BCUT2D eigenvalue weighted by molar-refractivity contribution is 7.49. The summed E-state index contributed by atoms with van der Waals surface area (Å²) in [5, 5.41) is 20.7. The number of rotatable bonds is 11. The molecule has 4 unspecified atom stereocenters. The van der Waals surface area contributed by atoms with Gasteiger partial charge in [-0.3, -0.25) is 18.9 Å². The highest BCUT2D eigenvalue weighted by Gasteiger charge is 2.62. The van der Waals surface area contributed by atoms with E-state index in [0.29, 0.717) is 16.1 Å². The van der Waals surface area contributed by atoms with E-state index in [1.807, 2.05) is 4.98 Å². The van der Waals surface area contributed by atoms with Crippen LogP contribution in [0.1, 0.15) is 6.23 Å². The van der Waals surface area contributed by atoms with E-state index < -0.39 is 61.2 Å². The normalized spacial score (nSPS) is 22.5. The van der Waals surface area contributed by atoms with Crippen molar-refractivity contribution in [1.29, 1.82) is 0 Å². The molecule has 1 aliphatic rings. The van der Waals surface area contributed by atoms with Crippen LogP contribution in [0.25, 0.3) is 0 Å². The van der Waals surface area contributed by atoms with Crippen molar-refractivity contribution in [2.75, 3.05) is 20.8 Å². The Morgan fingerprint density at radius 1 is 1.00 bits per heavy atom. The molecule has 17 heteroatoms. The Bertz CT molecular complexity index is 1470. The Labute approximate surface area is 235 Å².